The second-order valence-electron chi connectivity index (χ2n) is 13.5. The van der Waals surface area contributed by atoms with Crippen LogP contribution in [0.25, 0.3) is 21.9 Å². The second-order valence-corrected chi connectivity index (χ2v) is 15.2. The number of anilines is 1. The average molecular weight is 691 g/mol. The molecule has 5 rings (SSSR count). The van der Waals surface area contributed by atoms with E-state index in [-0.39, 0.29) is 23.4 Å². The molecule has 0 aliphatic carbocycles. The number of ether oxygens (including phenoxy) is 2. The molecule has 0 amide bonds. The molecule has 260 valence electrons. The van der Waals surface area contributed by atoms with Crippen LogP contribution in [0.2, 0.25) is 0 Å². The number of carbonyl (C=O) groups excluding carboxylic acids is 1. The zero-order valence-corrected chi connectivity index (χ0v) is 29.0. The van der Waals surface area contributed by atoms with Crippen molar-refractivity contribution in [2.75, 3.05) is 32.2 Å². The molecule has 1 unspecified atom stereocenters. The normalized spacial score (nSPS) is 24.8. The Labute approximate surface area is 277 Å². The predicted molar refractivity (Wildman–Crippen MR) is 175 cm³/mol. The highest BCUT2D eigenvalue weighted by Gasteiger charge is 2.65. The van der Waals surface area contributed by atoms with Gasteiger partial charge in [-0.15, -0.1) is 0 Å². The Kier molecular flexibility index (Phi) is 9.58. The first-order valence-electron chi connectivity index (χ1n) is 15.3. The molecule has 3 heterocycles. The van der Waals surface area contributed by atoms with Gasteiger partial charge < -0.3 is 24.0 Å². The van der Waals surface area contributed by atoms with Crippen LogP contribution in [-0.4, -0.2) is 81.6 Å². The molecule has 0 radical (unpaired) electrons. The molecule has 0 saturated carbocycles. The van der Waals surface area contributed by atoms with E-state index in [2.05, 4.69) is 20.0 Å². The van der Waals surface area contributed by atoms with Crippen molar-refractivity contribution in [3.63, 3.8) is 0 Å². The third kappa shape index (κ3) is 7.15. The van der Waals surface area contributed by atoms with Gasteiger partial charge in [-0.05, 0) is 37.6 Å². The Balaban J connectivity index is 1.45. The van der Waals surface area contributed by atoms with Gasteiger partial charge in [0.1, 0.15) is 24.2 Å². The summed E-state index contributed by atoms with van der Waals surface area (Å²) in [6.45, 7) is 8.41. The summed E-state index contributed by atoms with van der Waals surface area (Å²) in [5.41, 5.74) is -2.65. The van der Waals surface area contributed by atoms with Crippen LogP contribution in [0, 0.1) is 12.3 Å². The molecule has 2 aromatic heterocycles. The molecule has 16 heteroatoms. The van der Waals surface area contributed by atoms with Crippen LogP contribution >= 0.6 is 7.75 Å². The van der Waals surface area contributed by atoms with Gasteiger partial charge in [-0.2, -0.15) is 5.09 Å². The van der Waals surface area contributed by atoms with Crippen LogP contribution in [-0.2, 0) is 23.4 Å². The summed E-state index contributed by atoms with van der Waals surface area (Å²) < 4.78 is 70.7. The van der Waals surface area contributed by atoms with Crippen LogP contribution < -0.4 is 14.5 Å². The lowest BCUT2D eigenvalue weighted by Gasteiger charge is -2.28. The predicted octanol–water partition coefficient (Wildman–Crippen LogP) is 5.41. The number of imidazole rings is 1. The number of aryl methyl sites for hydroxylation is 1. The number of aromatic nitrogens is 4. The first-order chi connectivity index (χ1) is 22.3. The summed E-state index contributed by atoms with van der Waals surface area (Å²) in [6, 6.07) is 10.8. The monoisotopic (exact) mass is 690 g/mol. The second kappa shape index (κ2) is 12.9. The van der Waals surface area contributed by atoms with Gasteiger partial charge in [0.05, 0.1) is 12.9 Å². The highest BCUT2D eigenvalue weighted by Crippen LogP contribution is 2.52. The van der Waals surface area contributed by atoms with E-state index in [9.17, 15) is 14.5 Å². The third-order valence-electron chi connectivity index (χ3n) is 7.68. The van der Waals surface area contributed by atoms with E-state index < -0.39 is 50.2 Å². The van der Waals surface area contributed by atoms with E-state index in [0.29, 0.717) is 22.5 Å². The van der Waals surface area contributed by atoms with Gasteiger partial charge in [0.25, 0.3) is 5.85 Å². The number of aliphatic hydroxyl groups excluding tert-OH is 1. The molecule has 13 nitrogen and oxygen atoms in total. The van der Waals surface area contributed by atoms with Gasteiger partial charge in [0.2, 0.25) is 0 Å². The quantitative estimate of drug-likeness (QED) is 0.153. The van der Waals surface area contributed by atoms with E-state index in [1.54, 1.807) is 44.1 Å². The van der Waals surface area contributed by atoms with Crippen LogP contribution in [0.15, 0.2) is 48.8 Å². The van der Waals surface area contributed by atoms with E-state index in [4.69, 9.17) is 18.5 Å². The van der Waals surface area contributed by atoms with Crippen LogP contribution in [0.5, 0.6) is 5.75 Å². The Bertz CT molecular complexity index is 1860. The minimum Gasteiger partial charge on any atom is -0.464 e. The minimum atomic E-state index is -4.68. The van der Waals surface area contributed by atoms with E-state index in [0.717, 1.165) is 12.3 Å². The maximum atomic E-state index is 16.6. The zero-order chi connectivity index (χ0) is 35.2. The fourth-order valence-corrected chi connectivity index (χ4v) is 6.75. The summed E-state index contributed by atoms with van der Waals surface area (Å²) in [5.74, 6) is -3.12. The molecular weight excluding hydrogens is 649 g/mol. The van der Waals surface area contributed by atoms with Gasteiger partial charge in [-0.3, -0.25) is 13.9 Å². The lowest BCUT2D eigenvalue weighted by molar-refractivity contribution is -0.202. The molecule has 1 saturated heterocycles. The molecular formula is C32H41F2N6O7P. The molecule has 1 aliphatic rings. The summed E-state index contributed by atoms with van der Waals surface area (Å²) in [6.07, 6.45) is -2.98. The molecule has 1 aliphatic heterocycles. The lowest BCUT2D eigenvalue weighted by Crippen LogP contribution is -2.47. The molecule has 4 aromatic rings. The highest BCUT2D eigenvalue weighted by atomic mass is 31.2. The summed E-state index contributed by atoms with van der Waals surface area (Å²) in [5, 5.41) is 14.8. The standard InChI is InChI=1S/C32H41F2N6O7P/c1-19(27(41)44-16-30(3,4)5)38-48(43,47-23-15-11-13-21-12-9-10-14-22(21)23)45-17-32(34)28(42)31(6,33)29(46-32)40-18-35-24-25(39(7)8)36-20(2)37-26(24)40/h9-15,18-19,28-29,42H,16-17H2,1-8H3,(H,38,43)/t19-,28+,29-,31-,32-,48?/m1/s1. The van der Waals surface area contributed by atoms with Crippen molar-refractivity contribution in [3.05, 3.63) is 54.6 Å². The average Bonchev–Trinajstić information content (AvgIpc) is 3.50. The molecule has 1 fully saturated rings. The van der Waals surface area contributed by atoms with Crippen molar-refractivity contribution < 1.29 is 41.8 Å². The largest absolute Gasteiger partial charge is 0.464 e. The number of hydrogen-bond donors (Lipinski definition) is 2. The van der Waals surface area contributed by atoms with Crippen molar-refractivity contribution in [3.8, 4) is 5.75 Å². The molecule has 0 bridgehead atoms. The number of carbonyl (C=O) groups is 1. The Morgan fingerprint density at radius 2 is 1.88 bits per heavy atom. The molecule has 0 spiro atoms. The van der Waals surface area contributed by atoms with Gasteiger partial charge >= 0.3 is 13.7 Å². The number of nitrogens with one attached hydrogen (secondary N) is 1. The van der Waals surface area contributed by atoms with E-state index >= 15 is 8.78 Å². The van der Waals surface area contributed by atoms with Crippen LogP contribution in [0.3, 0.4) is 0 Å². The number of rotatable bonds is 11. The topological polar surface area (TPSA) is 150 Å². The fraction of sp³-hybridized carbons (Fsp3) is 0.500. The van der Waals surface area contributed by atoms with Crippen molar-refractivity contribution in [1.29, 1.82) is 0 Å². The van der Waals surface area contributed by atoms with Gasteiger partial charge in [-0.1, -0.05) is 57.2 Å². The fourth-order valence-electron chi connectivity index (χ4n) is 5.22. The van der Waals surface area contributed by atoms with Crippen LogP contribution in [0.4, 0.5) is 14.6 Å². The van der Waals surface area contributed by atoms with E-state index in [1.165, 1.54) is 23.9 Å². The Morgan fingerprint density at radius 3 is 2.56 bits per heavy atom. The van der Waals surface area contributed by atoms with Crippen molar-refractivity contribution in [2.45, 2.75) is 71.4 Å². The molecule has 48 heavy (non-hydrogen) atoms. The number of esters is 1. The van der Waals surface area contributed by atoms with Crippen molar-refractivity contribution in [2.24, 2.45) is 5.41 Å². The van der Waals surface area contributed by atoms with Gasteiger partial charge in [0.15, 0.2) is 35.0 Å². The van der Waals surface area contributed by atoms with Crippen molar-refractivity contribution in [1.82, 2.24) is 24.6 Å². The number of alkyl halides is 2. The van der Waals surface area contributed by atoms with Crippen molar-refractivity contribution >= 4 is 41.5 Å². The van der Waals surface area contributed by atoms with Gasteiger partial charge in [0, 0.05) is 19.5 Å². The zero-order valence-electron chi connectivity index (χ0n) is 28.1. The number of benzene rings is 2. The minimum absolute atomic E-state index is 0.0701. The Hall–Kier alpha value is -3.75. The number of aliphatic hydroxyl groups is 1. The number of nitrogens with zero attached hydrogens (tertiary/aromatic N) is 5. The summed E-state index contributed by atoms with van der Waals surface area (Å²) in [7, 11) is -1.18. The summed E-state index contributed by atoms with van der Waals surface area (Å²) in [4.78, 5) is 27.6. The highest BCUT2D eigenvalue weighted by molar-refractivity contribution is 7.52. The molecule has 6 atom stereocenters. The Morgan fingerprint density at radius 1 is 1.19 bits per heavy atom. The summed E-state index contributed by atoms with van der Waals surface area (Å²) >= 11 is 0. The number of fused-ring (bicyclic) bond motifs is 2. The maximum Gasteiger partial charge on any atom is 0.459 e. The first-order valence-corrected chi connectivity index (χ1v) is 16.9. The third-order valence-corrected chi connectivity index (χ3v) is 9.29. The first kappa shape index (κ1) is 35.6. The molecule has 2 aromatic carbocycles. The van der Waals surface area contributed by atoms with Crippen LogP contribution in [0.1, 0.15) is 46.7 Å². The number of hydrogen-bond acceptors (Lipinski definition) is 11. The molecule has 2 N–H and O–H groups in total. The maximum absolute atomic E-state index is 16.6. The van der Waals surface area contributed by atoms with E-state index in [1.807, 2.05) is 39.0 Å². The SMILES string of the molecule is Cc1nc(N(C)C)c2ncn([C@@H]3O[C@](F)(COP(=O)(N[C@H](C)C(=O)OCC(C)(C)C)Oc4cccc5ccccc45)[C@@H](O)[C@@]3(C)F)c2n1. The lowest BCUT2D eigenvalue weighted by atomic mass is 9.97. The van der Waals surface area contributed by atoms with Gasteiger partial charge in [-0.25, -0.2) is 28.3 Å². The smallest absolute Gasteiger partial charge is 0.459 e. The number of halogens is 2.